The summed E-state index contributed by atoms with van der Waals surface area (Å²) >= 11 is 0. The van der Waals surface area contributed by atoms with E-state index in [0.29, 0.717) is 6.42 Å². The quantitative estimate of drug-likeness (QED) is 0.561. The van der Waals surface area contributed by atoms with Gasteiger partial charge in [-0.15, -0.1) is 0 Å². The zero-order valence-corrected chi connectivity index (χ0v) is 14.6. The third-order valence-electron chi connectivity index (χ3n) is 3.49. The first-order chi connectivity index (χ1) is 10.7. The Morgan fingerprint density at radius 3 is 2.04 bits per heavy atom. The Morgan fingerprint density at radius 2 is 1.52 bits per heavy atom. The van der Waals surface area contributed by atoms with Crippen LogP contribution in [-0.2, 0) is 14.4 Å². The monoisotopic (exact) mass is 322 g/mol. The normalized spacial score (nSPS) is 15.3. The van der Waals surface area contributed by atoms with Gasteiger partial charge in [0, 0.05) is 17.8 Å². The minimum absolute atomic E-state index is 0.0167. The van der Waals surface area contributed by atoms with Crippen LogP contribution in [0.2, 0.25) is 0 Å². The van der Waals surface area contributed by atoms with E-state index in [-0.39, 0.29) is 29.8 Å². The van der Waals surface area contributed by atoms with Crippen LogP contribution < -0.4 is 0 Å². The van der Waals surface area contributed by atoms with E-state index >= 15 is 0 Å². The summed E-state index contributed by atoms with van der Waals surface area (Å²) in [5, 5.41) is 0. The van der Waals surface area contributed by atoms with Gasteiger partial charge in [-0.25, -0.2) is 4.39 Å². The Labute approximate surface area is 138 Å². The van der Waals surface area contributed by atoms with Crippen molar-refractivity contribution in [2.75, 3.05) is 0 Å². The summed E-state index contributed by atoms with van der Waals surface area (Å²) < 4.78 is 13.9. The topological polar surface area (TPSA) is 51.2 Å². The molecule has 23 heavy (non-hydrogen) atoms. The van der Waals surface area contributed by atoms with Crippen molar-refractivity contribution in [2.24, 2.45) is 17.8 Å². The molecule has 0 fully saturated rings. The summed E-state index contributed by atoms with van der Waals surface area (Å²) in [6, 6.07) is 0. The van der Waals surface area contributed by atoms with Gasteiger partial charge in [0.05, 0.1) is 0 Å². The first-order valence-electron chi connectivity index (χ1n) is 7.97. The van der Waals surface area contributed by atoms with Crippen molar-refractivity contribution in [3.63, 3.8) is 0 Å². The Balaban J connectivity index is 4.55. The molecule has 0 aliphatic carbocycles. The number of Topliss-reactive ketones (excluding diaryl/α,β-unsaturated/α-hetero) is 1. The number of ketones is 3. The highest BCUT2D eigenvalue weighted by atomic mass is 19.1. The van der Waals surface area contributed by atoms with E-state index < -0.39 is 17.5 Å². The van der Waals surface area contributed by atoms with E-state index in [0.717, 1.165) is 0 Å². The number of rotatable bonds is 10. The molecule has 0 bridgehead atoms. The van der Waals surface area contributed by atoms with Gasteiger partial charge in [-0.3, -0.25) is 14.4 Å². The van der Waals surface area contributed by atoms with Crippen LogP contribution in [-0.4, -0.2) is 17.3 Å². The highest BCUT2D eigenvalue weighted by molar-refractivity contribution is 5.95. The van der Waals surface area contributed by atoms with Crippen LogP contribution >= 0.6 is 0 Å². The van der Waals surface area contributed by atoms with E-state index in [1.54, 1.807) is 46.8 Å². The van der Waals surface area contributed by atoms with Crippen molar-refractivity contribution in [3.8, 4) is 0 Å². The Bertz CT molecular complexity index is 513. The molecule has 2 atom stereocenters. The van der Waals surface area contributed by atoms with Crippen molar-refractivity contribution in [3.05, 3.63) is 36.2 Å². The molecule has 0 spiro atoms. The average molecular weight is 322 g/mol. The van der Waals surface area contributed by atoms with E-state index in [1.165, 1.54) is 18.2 Å². The molecule has 2 unspecified atom stereocenters. The van der Waals surface area contributed by atoms with Crippen molar-refractivity contribution in [1.29, 1.82) is 0 Å². The SMILES string of the molecule is C/C=C/C(=O)C(C)C/C=C(\F)C(=O)C(C)C/C=C/C(=O)C(C)C. The number of hydrogen-bond donors (Lipinski definition) is 0. The predicted molar refractivity (Wildman–Crippen MR) is 90.6 cm³/mol. The number of carbonyl (C=O) groups is 3. The van der Waals surface area contributed by atoms with Gasteiger partial charge >= 0.3 is 0 Å². The van der Waals surface area contributed by atoms with Gasteiger partial charge in [-0.1, -0.05) is 39.8 Å². The maximum atomic E-state index is 13.9. The zero-order chi connectivity index (χ0) is 18.0. The third kappa shape index (κ3) is 8.38. The van der Waals surface area contributed by atoms with Crippen LogP contribution in [0.4, 0.5) is 4.39 Å². The second-order valence-corrected chi connectivity index (χ2v) is 6.05. The maximum absolute atomic E-state index is 13.9. The molecule has 0 N–H and O–H groups in total. The van der Waals surface area contributed by atoms with Gasteiger partial charge in [0.1, 0.15) is 0 Å². The van der Waals surface area contributed by atoms with Crippen molar-refractivity contribution < 1.29 is 18.8 Å². The number of hydrogen-bond acceptors (Lipinski definition) is 3. The third-order valence-corrected chi connectivity index (χ3v) is 3.49. The van der Waals surface area contributed by atoms with E-state index in [1.807, 2.05) is 0 Å². The number of carbonyl (C=O) groups excluding carboxylic acids is 3. The lowest BCUT2D eigenvalue weighted by molar-refractivity contribution is -0.120. The van der Waals surface area contributed by atoms with Crippen LogP contribution in [0.5, 0.6) is 0 Å². The molecule has 0 aliphatic heterocycles. The van der Waals surface area contributed by atoms with Crippen LogP contribution in [0, 0.1) is 17.8 Å². The summed E-state index contributed by atoms with van der Waals surface area (Å²) in [6.07, 6.45) is 7.80. The van der Waals surface area contributed by atoms with E-state index in [9.17, 15) is 18.8 Å². The van der Waals surface area contributed by atoms with Gasteiger partial charge in [0.25, 0.3) is 0 Å². The van der Waals surface area contributed by atoms with Crippen LogP contribution in [0.1, 0.15) is 47.5 Å². The molecule has 0 saturated carbocycles. The lowest BCUT2D eigenvalue weighted by atomic mass is 9.97. The molecular weight excluding hydrogens is 295 g/mol. The molecule has 0 aromatic heterocycles. The summed E-state index contributed by atoms with van der Waals surface area (Å²) in [4.78, 5) is 34.9. The molecule has 0 saturated heterocycles. The Kier molecular flexibility index (Phi) is 9.95. The highest BCUT2D eigenvalue weighted by Gasteiger charge is 2.18. The minimum Gasteiger partial charge on any atom is -0.295 e. The highest BCUT2D eigenvalue weighted by Crippen LogP contribution is 2.15. The number of allylic oxidation sites excluding steroid dienone is 6. The molecule has 0 amide bonds. The van der Waals surface area contributed by atoms with Crippen molar-refractivity contribution in [1.82, 2.24) is 0 Å². The van der Waals surface area contributed by atoms with Crippen molar-refractivity contribution in [2.45, 2.75) is 47.5 Å². The fourth-order valence-corrected chi connectivity index (χ4v) is 1.75. The fraction of sp³-hybridized carbons (Fsp3) is 0.526. The molecule has 0 aromatic carbocycles. The lowest BCUT2D eigenvalue weighted by Gasteiger charge is -2.07. The molecule has 128 valence electrons. The first-order valence-corrected chi connectivity index (χ1v) is 7.97. The van der Waals surface area contributed by atoms with Crippen molar-refractivity contribution >= 4 is 17.3 Å². The Morgan fingerprint density at radius 1 is 0.913 bits per heavy atom. The van der Waals surface area contributed by atoms with Crippen LogP contribution in [0.3, 0.4) is 0 Å². The molecular formula is C19H27FO3. The molecule has 0 heterocycles. The summed E-state index contributed by atoms with van der Waals surface area (Å²) in [5.74, 6) is -2.51. The van der Waals surface area contributed by atoms with Gasteiger partial charge in [0.2, 0.25) is 0 Å². The van der Waals surface area contributed by atoms with Gasteiger partial charge in [0.15, 0.2) is 23.2 Å². The number of halogens is 1. The van der Waals surface area contributed by atoms with Crippen LogP contribution in [0.25, 0.3) is 0 Å². The van der Waals surface area contributed by atoms with Crippen LogP contribution in [0.15, 0.2) is 36.2 Å². The second kappa shape index (κ2) is 10.8. The van der Waals surface area contributed by atoms with Gasteiger partial charge in [-0.05, 0) is 38.0 Å². The molecule has 0 rings (SSSR count). The minimum atomic E-state index is -0.818. The first kappa shape index (κ1) is 21.2. The lowest BCUT2D eigenvalue weighted by Crippen LogP contribution is -2.12. The summed E-state index contributed by atoms with van der Waals surface area (Å²) in [5.41, 5.74) is 0. The molecule has 0 aliphatic rings. The van der Waals surface area contributed by atoms with E-state index in [4.69, 9.17) is 0 Å². The molecule has 3 nitrogen and oxygen atoms in total. The Hall–Kier alpha value is -1.84. The molecule has 0 aromatic rings. The smallest absolute Gasteiger partial charge is 0.193 e. The standard InChI is InChI=1S/C19H27FO3/c1-6-8-18(22)14(4)11-12-16(20)19(23)15(5)9-7-10-17(21)13(2)3/h6-8,10,12-15H,9,11H2,1-5H3/b8-6+,10-7+,16-12-. The maximum Gasteiger partial charge on any atom is 0.193 e. The predicted octanol–water partition coefficient (Wildman–Crippen LogP) is 4.39. The second-order valence-electron chi connectivity index (χ2n) is 6.05. The summed E-state index contributed by atoms with van der Waals surface area (Å²) in [7, 11) is 0. The molecule has 4 heteroatoms. The van der Waals surface area contributed by atoms with Gasteiger partial charge < -0.3 is 0 Å². The fourth-order valence-electron chi connectivity index (χ4n) is 1.75. The molecule has 0 radical (unpaired) electrons. The summed E-state index contributed by atoms with van der Waals surface area (Å²) in [6.45, 7) is 8.64. The zero-order valence-electron chi connectivity index (χ0n) is 14.6. The van der Waals surface area contributed by atoms with Gasteiger partial charge in [-0.2, -0.15) is 0 Å². The largest absolute Gasteiger partial charge is 0.295 e. The average Bonchev–Trinajstić information content (AvgIpc) is 2.51. The van der Waals surface area contributed by atoms with E-state index in [2.05, 4.69) is 0 Å².